The first kappa shape index (κ1) is 18.4. The van der Waals surface area contributed by atoms with Crippen molar-refractivity contribution in [2.45, 2.75) is 31.6 Å². The number of hydrogen-bond acceptors (Lipinski definition) is 3. The lowest BCUT2D eigenvalue weighted by Gasteiger charge is -2.08. The van der Waals surface area contributed by atoms with Gasteiger partial charge in [-0.1, -0.05) is 44.2 Å². The quantitative estimate of drug-likeness (QED) is 0.718. The van der Waals surface area contributed by atoms with Crippen molar-refractivity contribution in [3.63, 3.8) is 0 Å². The molecular formula is C20H23N3O2S. The molecule has 3 aromatic rings. The third kappa shape index (κ3) is 4.20. The van der Waals surface area contributed by atoms with Gasteiger partial charge in [0.25, 0.3) is 0 Å². The van der Waals surface area contributed by atoms with Crippen molar-refractivity contribution >= 4 is 10.0 Å². The second kappa shape index (κ2) is 7.43. The lowest BCUT2D eigenvalue weighted by molar-refractivity contribution is 0.579. The van der Waals surface area contributed by atoms with Crippen molar-refractivity contribution in [3.05, 3.63) is 66.4 Å². The minimum atomic E-state index is -3.71. The highest BCUT2D eigenvalue weighted by molar-refractivity contribution is 7.89. The Labute approximate surface area is 154 Å². The summed E-state index contributed by atoms with van der Waals surface area (Å²) in [6.07, 6.45) is 1.97. The predicted molar refractivity (Wildman–Crippen MR) is 104 cm³/mol. The van der Waals surface area contributed by atoms with Gasteiger partial charge >= 0.3 is 0 Å². The molecule has 136 valence electrons. The summed E-state index contributed by atoms with van der Waals surface area (Å²) in [5.74, 6) is 0.606. The molecule has 3 rings (SSSR count). The summed E-state index contributed by atoms with van der Waals surface area (Å²) in [4.78, 5) is 0.0923. The van der Waals surface area contributed by atoms with Crippen LogP contribution in [0.1, 0.15) is 26.0 Å². The van der Waals surface area contributed by atoms with Crippen molar-refractivity contribution in [2.24, 2.45) is 11.1 Å². The van der Waals surface area contributed by atoms with Crippen LogP contribution in [0.3, 0.4) is 0 Å². The Bertz CT molecular complexity index is 976. The molecule has 0 unspecified atom stereocenters. The highest BCUT2D eigenvalue weighted by atomic mass is 32.2. The van der Waals surface area contributed by atoms with E-state index in [0.29, 0.717) is 5.92 Å². The third-order valence-electron chi connectivity index (χ3n) is 4.22. The Balaban J connectivity index is 2.04. The van der Waals surface area contributed by atoms with Gasteiger partial charge in [0, 0.05) is 5.56 Å². The van der Waals surface area contributed by atoms with E-state index in [0.717, 1.165) is 35.5 Å². The smallest absolute Gasteiger partial charge is 0.233 e. The molecule has 2 aromatic carbocycles. The molecule has 0 aliphatic carbocycles. The van der Waals surface area contributed by atoms with E-state index >= 15 is 0 Å². The molecule has 0 radical (unpaired) electrons. The van der Waals surface area contributed by atoms with E-state index in [4.69, 9.17) is 10.2 Å². The maximum atomic E-state index is 11.5. The summed E-state index contributed by atoms with van der Waals surface area (Å²) < 4.78 is 24.8. The normalized spacial score (nSPS) is 11.8. The van der Waals surface area contributed by atoms with Crippen LogP contribution >= 0.6 is 0 Å². The van der Waals surface area contributed by atoms with Crippen LogP contribution in [0.25, 0.3) is 16.9 Å². The fourth-order valence-electron chi connectivity index (χ4n) is 2.78. The Kier molecular flexibility index (Phi) is 5.25. The molecule has 0 aliphatic rings. The van der Waals surface area contributed by atoms with Crippen LogP contribution < -0.4 is 5.14 Å². The molecule has 2 N–H and O–H groups in total. The number of benzene rings is 2. The monoisotopic (exact) mass is 369 g/mol. The predicted octanol–water partition coefficient (Wildman–Crippen LogP) is 3.78. The summed E-state index contributed by atoms with van der Waals surface area (Å²) in [5.41, 5.74) is 3.86. The lowest BCUT2D eigenvalue weighted by atomic mass is 10.1. The number of primary sulfonamides is 1. The van der Waals surface area contributed by atoms with Gasteiger partial charge in [-0.3, -0.25) is 0 Å². The van der Waals surface area contributed by atoms with Crippen molar-refractivity contribution < 1.29 is 8.42 Å². The van der Waals surface area contributed by atoms with Crippen molar-refractivity contribution in [3.8, 4) is 16.9 Å². The topological polar surface area (TPSA) is 78.0 Å². The lowest BCUT2D eigenvalue weighted by Crippen LogP contribution is -2.12. The molecule has 1 aromatic heterocycles. The molecule has 1 heterocycles. The molecule has 6 heteroatoms. The fraction of sp³-hybridized carbons (Fsp3) is 0.250. The van der Waals surface area contributed by atoms with Gasteiger partial charge in [-0.2, -0.15) is 5.10 Å². The molecule has 0 aliphatic heterocycles. The average molecular weight is 369 g/mol. The molecular weight excluding hydrogens is 346 g/mol. The van der Waals surface area contributed by atoms with Gasteiger partial charge in [-0.15, -0.1) is 0 Å². The molecule has 0 saturated carbocycles. The van der Waals surface area contributed by atoms with Gasteiger partial charge in [0.2, 0.25) is 10.0 Å². The second-order valence-corrected chi connectivity index (χ2v) is 8.33. The standard InChI is InChI=1S/C20H23N3O2S/c1-15(2)8-9-17-14-20(16-6-4-3-5-7-16)23(22-17)18-10-12-19(13-11-18)26(21,24)25/h3-7,10-15H,8-9H2,1-2H3,(H2,21,24,25). The van der Waals surface area contributed by atoms with Crippen molar-refractivity contribution in [1.29, 1.82) is 0 Å². The largest absolute Gasteiger partial charge is 0.238 e. The van der Waals surface area contributed by atoms with E-state index in [9.17, 15) is 8.42 Å². The van der Waals surface area contributed by atoms with E-state index in [1.54, 1.807) is 12.1 Å². The Morgan fingerprint density at radius 3 is 2.27 bits per heavy atom. The highest BCUT2D eigenvalue weighted by Gasteiger charge is 2.13. The highest BCUT2D eigenvalue weighted by Crippen LogP contribution is 2.25. The number of rotatable bonds is 6. The van der Waals surface area contributed by atoms with Gasteiger partial charge in [0.05, 0.1) is 22.0 Å². The summed E-state index contributed by atoms with van der Waals surface area (Å²) in [7, 11) is -3.71. The van der Waals surface area contributed by atoms with Crippen LogP contribution in [0.2, 0.25) is 0 Å². The van der Waals surface area contributed by atoms with Crippen molar-refractivity contribution in [2.75, 3.05) is 0 Å². The van der Waals surface area contributed by atoms with E-state index in [1.807, 2.05) is 35.0 Å². The van der Waals surface area contributed by atoms with Gasteiger partial charge < -0.3 is 0 Å². The zero-order chi connectivity index (χ0) is 18.7. The number of aryl methyl sites for hydroxylation is 1. The zero-order valence-corrected chi connectivity index (χ0v) is 15.8. The van der Waals surface area contributed by atoms with Gasteiger partial charge in [-0.25, -0.2) is 18.2 Å². The summed E-state index contributed by atoms with van der Waals surface area (Å²) >= 11 is 0. The average Bonchev–Trinajstić information content (AvgIpc) is 3.04. The third-order valence-corrected chi connectivity index (χ3v) is 5.15. The molecule has 0 saturated heterocycles. The molecule has 5 nitrogen and oxygen atoms in total. The second-order valence-electron chi connectivity index (χ2n) is 6.77. The van der Waals surface area contributed by atoms with Gasteiger partial charge in [0.15, 0.2) is 0 Å². The first-order chi connectivity index (χ1) is 12.3. The number of sulfonamides is 1. The summed E-state index contributed by atoms with van der Waals surface area (Å²) in [6.45, 7) is 4.39. The Morgan fingerprint density at radius 2 is 1.69 bits per heavy atom. The van der Waals surface area contributed by atoms with E-state index in [-0.39, 0.29) is 4.90 Å². The van der Waals surface area contributed by atoms with Crippen LogP contribution in [0.5, 0.6) is 0 Å². The van der Waals surface area contributed by atoms with E-state index in [2.05, 4.69) is 19.9 Å². The van der Waals surface area contributed by atoms with Gasteiger partial charge in [-0.05, 0) is 49.1 Å². The SMILES string of the molecule is CC(C)CCc1cc(-c2ccccc2)n(-c2ccc(S(N)(=O)=O)cc2)n1. The van der Waals surface area contributed by atoms with E-state index < -0.39 is 10.0 Å². The molecule has 0 fully saturated rings. The fourth-order valence-corrected chi connectivity index (χ4v) is 3.29. The van der Waals surface area contributed by atoms with Crippen LogP contribution in [-0.2, 0) is 16.4 Å². The Hall–Kier alpha value is -2.44. The first-order valence-electron chi connectivity index (χ1n) is 8.62. The molecule has 0 spiro atoms. The van der Waals surface area contributed by atoms with Crippen LogP contribution in [-0.4, -0.2) is 18.2 Å². The maximum absolute atomic E-state index is 11.5. The van der Waals surface area contributed by atoms with Crippen LogP contribution in [0.4, 0.5) is 0 Å². The van der Waals surface area contributed by atoms with E-state index in [1.165, 1.54) is 12.1 Å². The minimum Gasteiger partial charge on any atom is -0.233 e. The van der Waals surface area contributed by atoms with Crippen LogP contribution in [0, 0.1) is 5.92 Å². The Morgan fingerprint density at radius 1 is 1.04 bits per heavy atom. The number of aromatic nitrogens is 2. The summed E-state index contributed by atoms with van der Waals surface area (Å²) in [5, 5.41) is 9.94. The zero-order valence-electron chi connectivity index (χ0n) is 15.0. The van der Waals surface area contributed by atoms with Crippen LogP contribution in [0.15, 0.2) is 65.6 Å². The number of hydrogen-bond donors (Lipinski definition) is 1. The van der Waals surface area contributed by atoms with Gasteiger partial charge in [0.1, 0.15) is 0 Å². The molecule has 0 bridgehead atoms. The number of nitrogens with two attached hydrogens (primary N) is 1. The number of nitrogens with zero attached hydrogens (tertiary/aromatic N) is 2. The molecule has 26 heavy (non-hydrogen) atoms. The van der Waals surface area contributed by atoms with Crippen molar-refractivity contribution in [1.82, 2.24) is 9.78 Å². The molecule has 0 atom stereocenters. The minimum absolute atomic E-state index is 0.0923. The first-order valence-corrected chi connectivity index (χ1v) is 10.2. The molecule has 0 amide bonds. The maximum Gasteiger partial charge on any atom is 0.238 e. The summed E-state index contributed by atoms with van der Waals surface area (Å²) in [6, 6.07) is 18.6.